The SMILES string of the molecule is CCC(CC)N(CCOC)C(=O)C(C)(C)CCl. The fourth-order valence-electron chi connectivity index (χ4n) is 1.81. The number of hydrogen-bond donors (Lipinski definition) is 0. The van der Waals surface area contributed by atoms with Crippen LogP contribution in [-0.2, 0) is 9.53 Å². The molecular weight excluding hydrogens is 238 g/mol. The van der Waals surface area contributed by atoms with Crippen molar-refractivity contribution in [3.63, 3.8) is 0 Å². The molecule has 0 radical (unpaired) electrons. The summed E-state index contributed by atoms with van der Waals surface area (Å²) in [6.07, 6.45) is 1.93. The molecule has 0 N–H and O–H groups in total. The first kappa shape index (κ1) is 16.7. The van der Waals surface area contributed by atoms with E-state index >= 15 is 0 Å². The average molecular weight is 264 g/mol. The summed E-state index contributed by atoms with van der Waals surface area (Å²) in [6.45, 7) is 9.21. The molecule has 0 aliphatic carbocycles. The molecule has 0 aromatic carbocycles. The Kier molecular flexibility index (Phi) is 7.80. The van der Waals surface area contributed by atoms with Crippen LogP contribution in [0, 0.1) is 5.41 Å². The molecule has 0 aliphatic heterocycles. The molecule has 0 unspecified atom stereocenters. The van der Waals surface area contributed by atoms with Crippen LogP contribution in [0.25, 0.3) is 0 Å². The minimum absolute atomic E-state index is 0.123. The van der Waals surface area contributed by atoms with E-state index in [0.717, 1.165) is 12.8 Å². The van der Waals surface area contributed by atoms with Crippen molar-refractivity contribution in [1.82, 2.24) is 4.90 Å². The maximum Gasteiger partial charge on any atom is 0.229 e. The number of methoxy groups -OCH3 is 1. The zero-order valence-electron chi connectivity index (χ0n) is 11.8. The van der Waals surface area contributed by atoms with E-state index in [9.17, 15) is 4.79 Å². The van der Waals surface area contributed by atoms with E-state index in [2.05, 4.69) is 13.8 Å². The summed E-state index contributed by atoms with van der Waals surface area (Å²) in [5, 5.41) is 0. The second-order valence-electron chi connectivity index (χ2n) is 4.98. The van der Waals surface area contributed by atoms with Crippen LogP contribution in [0.3, 0.4) is 0 Å². The molecule has 3 nitrogen and oxygen atoms in total. The molecule has 0 spiro atoms. The predicted octanol–water partition coefficient (Wildman–Crippen LogP) is 2.92. The smallest absolute Gasteiger partial charge is 0.229 e. The van der Waals surface area contributed by atoms with Gasteiger partial charge in [0.15, 0.2) is 0 Å². The Hall–Kier alpha value is -0.280. The quantitative estimate of drug-likeness (QED) is 0.630. The van der Waals surface area contributed by atoms with Crippen LogP contribution in [0.1, 0.15) is 40.5 Å². The van der Waals surface area contributed by atoms with Crippen molar-refractivity contribution < 1.29 is 9.53 Å². The van der Waals surface area contributed by atoms with E-state index in [-0.39, 0.29) is 11.9 Å². The van der Waals surface area contributed by atoms with Crippen molar-refractivity contribution in [2.45, 2.75) is 46.6 Å². The summed E-state index contributed by atoms with van der Waals surface area (Å²) in [4.78, 5) is 14.4. The normalized spacial score (nSPS) is 11.9. The largest absolute Gasteiger partial charge is 0.383 e. The highest BCUT2D eigenvalue weighted by atomic mass is 35.5. The van der Waals surface area contributed by atoms with Crippen molar-refractivity contribution in [3.8, 4) is 0 Å². The highest BCUT2D eigenvalue weighted by molar-refractivity contribution is 6.19. The number of alkyl halides is 1. The minimum Gasteiger partial charge on any atom is -0.383 e. The molecule has 0 saturated carbocycles. The molecule has 4 heteroatoms. The van der Waals surface area contributed by atoms with E-state index in [1.54, 1.807) is 7.11 Å². The van der Waals surface area contributed by atoms with Gasteiger partial charge in [-0.2, -0.15) is 0 Å². The van der Waals surface area contributed by atoms with Crippen LogP contribution >= 0.6 is 11.6 Å². The van der Waals surface area contributed by atoms with E-state index in [0.29, 0.717) is 19.0 Å². The van der Waals surface area contributed by atoms with Crippen LogP contribution in [0.5, 0.6) is 0 Å². The first-order valence-corrected chi connectivity index (χ1v) is 6.84. The molecule has 0 fully saturated rings. The third kappa shape index (κ3) is 4.84. The molecule has 17 heavy (non-hydrogen) atoms. The molecular formula is C13H26ClNO2. The molecule has 102 valence electrons. The van der Waals surface area contributed by atoms with Gasteiger partial charge in [0.2, 0.25) is 5.91 Å². The van der Waals surface area contributed by atoms with Gasteiger partial charge in [-0.1, -0.05) is 13.8 Å². The summed E-state index contributed by atoms with van der Waals surface area (Å²) in [5.74, 6) is 0.466. The Bertz CT molecular complexity index is 227. The van der Waals surface area contributed by atoms with Crippen molar-refractivity contribution in [2.75, 3.05) is 26.1 Å². The van der Waals surface area contributed by atoms with Gasteiger partial charge in [0.05, 0.1) is 12.0 Å². The second-order valence-corrected chi connectivity index (χ2v) is 5.25. The number of halogens is 1. The predicted molar refractivity (Wildman–Crippen MR) is 72.5 cm³/mol. The Labute approximate surface area is 110 Å². The summed E-state index contributed by atoms with van der Waals surface area (Å²) >= 11 is 5.88. The van der Waals surface area contributed by atoms with Gasteiger partial charge in [-0.15, -0.1) is 11.6 Å². The molecule has 1 amide bonds. The van der Waals surface area contributed by atoms with E-state index in [1.165, 1.54) is 0 Å². The number of amides is 1. The van der Waals surface area contributed by atoms with Crippen LogP contribution in [0.2, 0.25) is 0 Å². The van der Waals surface area contributed by atoms with Gasteiger partial charge in [0.25, 0.3) is 0 Å². The van der Waals surface area contributed by atoms with Gasteiger partial charge < -0.3 is 9.64 Å². The first-order chi connectivity index (χ1) is 7.94. The highest BCUT2D eigenvalue weighted by Crippen LogP contribution is 2.23. The van der Waals surface area contributed by atoms with E-state index in [1.807, 2.05) is 18.7 Å². The molecule has 0 aromatic rings. The lowest BCUT2D eigenvalue weighted by Gasteiger charge is -2.36. The third-order valence-electron chi connectivity index (χ3n) is 3.09. The van der Waals surface area contributed by atoms with Gasteiger partial charge in [-0.25, -0.2) is 0 Å². The maximum atomic E-state index is 12.4. The Balaban J connectivity index is 4.83. The molecule has 0 aliphatic rings. The van der Waals surface area contributed by atoms with E-state index < -0.39 is 5.41 Å². The number of hydrogen-bond acceptors (Lipinski definition) is 2. The van der Waals surface area contributed by atoms with Gasteiger partial charge in [-0.3, -0.25) is 4.79 Å². The standard InChI is InChI=1S/C13H26ClNO2/c1-6-11(7-2)15(8-9-17-5)12(16)13(3,4)10-14/h11H,6-10H2,1-5H3. The van der Waals surface area contributed by atoms with Crippen LogP contribution in [-0.4, -0.2) is 43.0 Å². The average Bonchev–Trinajstić information content (AvgIpc) is 2.33. The van der Waals surface area contributed by atoms with Crippen LogP contribution in [0.4, 0.5) is 0 Å². The number of carbonyl (C=O) groups excluding carboxylic acids is 1. The number of rotatable bonds is 8. The van der Waals surface area contributed by atoms with Crippen LogP contribution in [0.15, 0.2) is 0 Å². The lowest BCUT2D eigenvalue weighted by Crippen LogP contribution is -2.48. The van der Waals surface area contributed by atoms with Gasteiger partial charge in [0.1, 0.15) is 0 Å². The molecule has 0 bridgehead atoms. The molecule has 0 aromatic heterocycles. The van der Waals surface area contributed by atoms with Crippen molar-refractivity contribution in [2.24, 2.45) is 5.41 Å². The van der Waals surface area contributed by atoms with Crippen molar-refractivity contribution in [1.29, 1.82) is 0 Å². The van der Waals surface area contributed by atoms with Gasteiger partial charge in [-0.05, 0) is 26.7 Å². The molecule has 0 atom stereocenters. The second kappa shape index (κ2) is 7.93. The lowest BCUT2D eigenvalue weighted by molar-refractivity contribution is -0.142. The number of nitrogens with zero attached hydrogens (tertiary/aromatic N) is 1. The Morgan fingerprint density at radius 3 is 2.24 bits per heavy atom. The monoisotopic (exact) mass is 263 g/mol. The molecule has 0 saturated heterocycles. The third-order valence-corrected chi connectivity index (χ3v) is 3.76. The summed E-state index contributed by atoms with van der Waals surface area (Å²) in [5.41, 5.74) is -0.502. The van der Waals surface area contributed by atoms with Gasteiger partial charge in [0, 0.05) is 25.6 Å². The highest BCUT2D eigenvalue weighted by Gasteiger charge is 2.33. The first-order valence-electron chi connectivity index (χ1n) is 6.30. The van der Waals surface area contributed by atoms with Gasteiger partial charge >= 0.3 is 0 Å². The minimum atomic E-state index is -0.502. The summed E-state index contributed by atoms with van der Waals surface area (Å²) in [7, 11) is 1.66. The van der Waals surface area contributed by atoms with Crippen molar-refractivity contribution in [3.05, 3.63) is 0 Å². The summed E-state index contributed by atoms with van der Waals surface area (Å²) in [6, 6.07) is 0.278. The van der Waals surface area contributed by atoms with Crippen LogP contribution < -0.4 is 0 Å². The molecule has 0 heterocycles. The fraction of sp³-hybridized carbons (Fsp3) is 0.923. The lowest BCUT2D eigenvalue weighted by atomic mass is 9.93. The zero-order valence-corrected chi connectivity index (χ0v) is 12.5. The zero-order chi connectivity index (χ0) is 13.5. The Morgan fingerprint density at radius 1 is 1.35 bits per heavy atom. The summed E-state index contributed by atoms with van der Waals surface area (Å²) < 4.78 is 5.08. The maximum absolute atomic E-state index is 12.4. The fourth-order valence-corrected chi connectivity index (χ4v) is 1.93. The number of carbonyl (C=O) groups is 1. The Morgan fingerprint density at radius 2 is 1.88 bits per heavy atom. The topological polar surface area (TPSA) is 29.5 Å². The number of ether oxygens (including phenoxy) is 1. The van der Waals surface area contributed by atoms with E-state index in [4.69, 9.17) is 16.3 Å². The van der Waals surface area contributed by atoms with Crippen molar-refractivity contribution >= 4 is 17.5 Å². The molecule has 0 rings (SSSR count).